The maximum absolute atomic E-state index is 13.1. The molecule has 0 aromatic heterocycles. The van der Waals surface area contributed by atoms with Crippen LogP contribution in [-0.2, 0) is 6.18 Å². The van der Waals surface area contributed by atoms with Crippen molar-refractivity contribution in [2.45, 2.75) is 32.5 Å². The third-order valence-corrected chi connectivity index (χ3v) is 4.54. The molecule has 1 heterocycles. The maximum atomic E-state index is 13.1. The molecule has 2 atom stereocenters. The number of piperazine rings is 1. The van der Waals surface area contributed by atoms with Gasteiger partial charge in [0.2, 0.25) is 0 Å². The first kappa shape index (κ1) is 17.6. The molecule has 0 aliphatic carbocycles. The molecule has 1 aromatic carbocycles. The van der Waals surface area contributed by atoms with Crippen molar-refractivity contribution < 1.29 is 13.2 Å². The van der Waals surface area contributed by atoms with E-state index in [4.69, 9.17) is 11.6 Å². The fourth-order valence-corrected chi connectivity index (χ4v) is 3.27. The van der Waals surface area contributed by atoms with Crippen LogP contribution < -0.4 is 5.32 Å². The lowest BCUT2D eigenvalue weighted by Gasteiger charge is -2.38. The van der Waals surface area contributed by atoms with Gasteiger partial charge in [0, 0.05) is 37.2 Å². The summed E-state index contributed by atoms with van der Waals surface area (Å²) in [6, 6.07) is 3.89. The summed E-state index contributed by atoms with van der Waals surface area (Å²) in [5.41, 5.74) is -0.00508. The fourth-order valence-electron chi connectivity index (χ4n) is 3.03. The highest BCUT2D eigenvalue weighted by atomic mass is 35.5. The average molecular weight is 335 g/mol. The monoisotopic (exact) mass is 334 g/mol. The second-order valence-electron chi connectivity index (χ2n) is 5.89. The number of hydrogen-bond donors (Lipinski definition) is 1. The summed E-state index contributed by atoms with van der Waals surface area (Å²) in [5.74, 6) is 0.262. The standard InChI is InChI=1S/C16H22ClF3N2/c1-3-11(2)15(22-6-4-21-5-7-22)12-8-13(16(18,19)20)10-14(17)9-12/h8-11,15,21H,3-7H2,1-2H3/t11?,15-/m1/s1. The summed E-state index contributed by atoms with van der Waals surface area (Å²) in [6.45, 7) is 7.54. The number of halogens is 4. The molecular formula is C16H22ClF3N2. The number of rotatable bonds is 4. The van der Waals surface area contributed by atoms with E-state index in [0.717, 1.165) is 38.7 Å². The van der Waals surface area contributed by atoms with Gasteiger partial charge in [0.1, 0.15) is 0 Å². The Hall–Kier alpha value is -0.780. The molecule has 1 aliphatic heterocycles. The lowest BCUT2D eigenvalue weighted by atomic mass is 9.89. The maximum Gasteiger partial charge on any atom is 0.416 e. The van der Waals surface area contributed by atoms with Crippen LogP contribution >= 0.6 is 11.6 Å². The highest BCUT2D eigenvalue weighted by molar-refractivity contribution is 6.30. The number of nitrogens with one attached hydrogen (secondary N) is 1. The van der Waals surface area contributed by atoms with Gasteiger partial charge in [-0.05, 0) is 29.7 Å². The first-order valence-electron chi connectivity index (χ1n) is 7.65. The van der Waals surface area contributed by atoms with Crippen LogP contribution in [0.25, 0.3) is 0 Å². The van der Waals surface area contributed by atoms with Crippen LogP contribution in [0.2, 0.25) is 5.02 Å². The van der Waals surface area contributed by atoms with Crippen molar-refractivity contribution in [3.63, 3.8) is 0 Å². The zero-order valence-electron chi connectivity index (χ0n) is 12.9. The summed E-state index contributed by atoms with van der Waals surface area (Å²) < 4.78 is 39.2. The molecule has 1 saturated heterocycles. The molecule has 0 saturated carbocycles. The van der Waals surface area contributed by atoms with E-state index in [-0.39, 0.29) is 17.0 Å². The molecule has 0 bridgehead atoms. The smallest absolute Gasteiger partial charge is 0.314 e. The third kappa shape index (κ3) is 4.15. The van der Waals surface area contributed by atoms with E-state index >= 15 is 0 Å². The molecule has 1 N–H and O–H groups in total. The minimum absolute atomic E-state index is 0.0353. The van der Waals surface area contributed by atoms with Crippen LogP contribution in [0.5, 0.6) is 0 Å². The highest BCUT2D eigenvalue weighted by Crippen LogP contribution is 2.37. The van der Waals surface area contributed by atoms with E-state index in [0.29, 0.717) is 5.56 Å². The zero-order chi connectivity index (χ0) is 16.3. The van der Waals surface area contributed by atoms with Gasteiger partial charge in [0.15, 0.2) is 0 Å². The lowest BCUT2D eigenvalue weighted by Crippen LogP contribution is -2.46. The minimum Gasteiger partial charge on any atom is -0.314 e. The molecule has 1 fully saturated rings. The first-order chi connectivity index (χ1) is 10.3. The second kappa shape index (κ2) is 7.20. The van der Waals surface area contributed by atoms with E-state index < -0.39 is 11.7 Å². The van der Waals surface area contributed by atoms with Gasteiger partial charge in [-0.1, -0.05) is 31.9 Å². The van der Waals surface area contributed by atoms with Gasteiger partial charge in [0.25, 0.3) is 0 Å². The van der Waals surface area contributed by atoms with Crippen LogP contribution in [0, 0.1) is 5.92 Å². The normalized spacial score (nSPS) is 19.9. The Bertz CT molecular complexity index is 499. The largest absolute Gasteiger partial charge is 0.416 e. The molecule has 124 valence electrons. The van der Waals surface area contributed by atoms with E-state index in [1.165, 1.54) is 6.07 Å². The molecule has 0 amide bonds. The molecule has 0 radical (unpaired) electrons. The van der Waals surface area contributed by atoms with Crippen molar-refractivity contribution >= 4 is 11.6 Å². The molecular weight excluding hydrogens is 313 g/mol. The van der Waals surface area contributed by atoms with E-state index in [1.54, 1.807) is 6.07 Å². The molecule has 6 heteroatoms. The van der Waals surface area contributed by atoms with Crippen molar-refractivity contribution in [2.24, 2.45) is 5.92 Å². The molecule has 1 aromatic rings. The predicted octanol–water partition coefficient (Wildman–Crippen LogP) is 4.35. The number of nitrogens with zero attached hydrogens (tertiary/aromatic N) is 1. The van der Waals surface area contributed by atoms with Crippen molar-refractivity contribution in [2.75, 3.05) is 26.2 Å². The Morgan fingerprint density at radius 1 is 1.23 bits per heavy atom. The van der Waals surface area contributed by atoms with Crippen LogP contribution in [0.3, 0.4) is 0 Å². The topological polar surface area (TPSA) is 15.3 Å². The van der Waals surface area contributed by atoms with E-state index in [9.17, 15) is 13.2 Å². The summed E-state index contributed by atoms with van der Waals surface area (Å²) in [7, 11) is 0. The van der Waals surface area contributed by atoms with Gasteiger partial charge in [-0.25, -0.2) is 0 Å². The molecule has 0 spiro atoms. The Labute approximate surface area is 134 Å². The van der Waals surface area contributed by atoms with Gasteiger partial charge >= 0.3 is 6.18 Å². The molecule has 2 rings (SSSR count). The van der Waals surface area contributed by atoms with Gasteiger partial charge in [-0.15, -0.1) is 0 Å². The summed E-state index contributed by atoms with van der Waals surface area (Å²) in [4.78, 5) is 2.26. The minimum atomic E-state index is -4.37. The van der Waals surface area contributed by atoms with Crippen LogP contribution in [-0.4, -0.2) is 31.1 Å². The lowest BCUT2D eigenvalue weighted by molar-refractivity contribution is -0.137. The molecule has 1 aliphatic rings. The number of hydrogen-bond acceptors (Lipinski definition) is 2. The zero-order valence-corrected chi connectivity index (χ0v) is 13.6. The Balaban J connectivity index is 2.40. The SMILES string of the molecule is CCC(C)[C@H](c1cc(Cl)cc(C(F)(F)F)c1)N1CCNCC1. The quantitative estimate of drug-likeness (QED) is 0.880. The van der Waals surface area contributed by atoms with Crippen molar-refractivity contribution in [1.82, 2.24) is 10.2 Å². The van der Waals surface area contributed by atoms with E-state index in [2.05, 4.69) is 24.1 Å². The summed E-state index contributed by atoms with van der Waals surface area (Å²) >= 11 is 5.96. The number of benzene rings is 1. The Kier molecular flexibility index (Phi) is 5.75. The van der Waals surface area contributed by atoms with Gasteiger partial charge in [0.05, 0.1) is 5.56 Å². The van der Waals surface area contributed by atoms with Crippen molar-refractivity contribution in [3.05, 3.63) is 34.3 Å². The highest BCUT2D eigenvalue weighted by Gasteiger charge is 2.33. The van der Waals surface area contributed by atoms with E-state index in [1.807, 2.05) is 0 Å². The molecule has 2 nitrogen and oxygen atoms in total. The third-order valence-electron chi connectivity index (χ3n) is 4.32. The predicted molar refractivity (Wildman–Crippen MR) is 83.1 cm³/mol. The number of alkyl halides is 3. The van der Waals surface area contributed by atoms with Crippen LogP contribution in [0.4, 0.5) is 13.2 Å². The summed E-state index contributed by atoms with van der Waals surface area (Å²) in [5, 5.41) is 3.42. The van der Waals surface area contributed by atoms with Crippen LogP contribution in [0.15, 0.2) is 18.2 Å². The van der Waals surface area contributed by atoms with Gasteiger partial charge in [-0.2, -0.15) is 13.2 Å². The van der Waals surface area contributed by atoms with Gasteiger partial charge < -0.3 is 5.32 Å². The molecule has 1 unspecified atom stereocenters. The molecule has 22 heavy (non-hydrogen) atoms. The van der Waals surface area contributed by atoms with Crippen molar-refractivity contribution in [1.29, 1.82) is 0 Å². The van der Waals surface area contributed by atoms with Crippen molar-refractivity contribution in [3.8, 4) is 0 Å². The summed E-state index contributed by atoms with van der Waals surface area (Å²) in [6.07, 6.45) is -3.47. The Morgan fingerprint density at radius 2 is 1.86 bits per heavy atom. The van der Waals surface area contributed by atoms with Crippen LogP contribution in [0.1, 0.15) is 37.4 Å². The average Bonchev–Trinajstić information content (AvgIpc) is 2.47. The second-order valence-corrected chi connectivity index (χ2v) is 6.32. The van der Waals surface area contributed by atoms with Gasteiger partial charge in [-0.3, -0.25) is 4.90 Å². The fraction of sp³-hybridized carbons (Fsp3) is 0.625. The Morgan fingerprint density at radius 3 is 2.41 bits per heavy atom. The first-order valence-corrected chi connectivity index (χ1v) is 8.03.